The number of nitrogens with two attached hydrogens (primary N) is 1. The van der Waals surface area contributed by atoms with E-state index < -0.39 is 5.91 Å². The molecular weight excluding hydrogens is 420 g/mol. The van der Waals surface area contributed by atoms with Crippen molar-refractivity contribution in [3.8, 4) is 11.5 Å². The molecule has 2 aromatic heterocycles. The number of hydrogen-bond acceptors (Lipinski definition) is 7. The van der Waals surface area contributed by atoms with E-state index in [0.717, 1.165) is 0 Å². The van der Waals surface area contributed by atoms with E-state index in [1.165, 1.54) is 23.0 Å². The zero-order chi connectivity index (χ0) is 22.9. The third-order valence-electron chi connectivity index (χ3n) is 5.05. The Morgan fingerprint density at radius 1 is 0.939 bits per heavy atom. The standard InChI is InChI=1S/C24H18N6O3/c25-22-20(24(33)27-15-6-2-1-3-7-15)21-23(29-17-9-5-4-8-16(17)28-21)30(22)26-13-14-10-11-18(31)19(32)12-14/h1-13,31-32H,25H2,(H,27,33). The van der Waals surface area contributed by atoms with Gasteiger partial charge in [0.15, 0.2) is 17.1 Å². The fraction of sp³-hybridized carbons (Fsp3) is 0. The maximum absolute atomic E-state index is 13.2. The van der Waals surface area contributed by atoms with Gasteiger partial charge in [-0.2, -0.15) is 9.78 Å². The van der Waals surface area contributed by atoms with Crippen molar-refractivity contribution in [2.24, 2.45) is 5.10 Å². The Balaban J connectivity index is 1.67. The molecule has 0 unspecified atom stereocenters. The van der Waals surface area contributed by atoms with E-state index in [9.17, 15) is 15.0 Å². The smallest absolute Gasteiger partial charge is 0.261 e. The molecule has 1 amide bonds. The van der Waals surface area contributed by atoms with Gasteiger partial charge in [-0.25, -0.2) is 9.97 Å². The molecule has 0 saturated heterocycles. The van der Waals surface area contributed by atoms with Crippen LogP contribution >= 0.6 is 0 Å². The van der Waals surface area contributed by atoms with E-state index in [1.807, 2.05) is 30.3 Å². The molecule has 0 atom stereocenters. The van der Waals surface area contributed by atoms with Gasteiger partial charge in [-0.15, -0.1) is 0 Å². The fourth-order valence-electron chi connectivity index (χ4n) is 3.45. The van der Waals surface area contributed by atoms with Gasteiger partial charge in [-0.3, -0.25) is 4.79 Å². The topological polar surface area (TPSA) is 139 Å². The molecule has 0 radical (unpaired) electrons. The van der Waals surface area contributed by atoms with Crippen molar-refractivity contribution < 1.29 is 15.0 Å². The number of nitrogens with one attached hydrogen (secondary N) is 1. The zero-order valence-corrected chi connectivity index (χ0v) is 17.2. The van der Waals surface area contributed by atoms with E-state index in [4.69, 9.17) is 5.73 Å². The third kappa shape index (κ3) is 3.68. The summed E-state index contributed by atoms with van der Waals surface area (Å²) in [5.41, 5.74) is 9.50. The molecule has 0 spiro atoms. The van der Waals surface area contributed by atoms with Gasteiger partial charge in [0.2, 0.25) is 0 Å². The summed E-state index contributed by atoms with van der Waals surface area (Å²) in [7, 11) is 0. The summed E-state index contributed by atoms with van der Waals surface area (Å²) >= 11 is 0. The second kappa shape index (κ2) is 7.97. The average molecular weight is 438 g/mol. The largest absolute Gasteiger partial charge is 0.504 e. The number of fused-ring (bicyclic) bond motifs is 2. The summed E-state index contributed by atoms with van der Waals surface area (Å²) in [6, 6.07) is 20.6. The second-order valence-corrected chi connectivity index (χ2v) is 7.27. The minimum atomic E-state index is -0.440. The number of phenolic OH excluding ortho intramolecular Hbond substituents is 2. The predicted octanol–water partition coefficient (Wildman–Crippen LogP) is 3.71. The lowest BCUT2D eigenvalue weighted by atomic mass is 10.2. The summed E-state index contributed by atoms with van der Waals surface area (Å²) in [6.07, 6.45) is 1.44. The molecule has 0 saturated carbocycles. The van der Waals surface area contributed by atoms with Crippen molar-refractivity contribution in [1.82, 2.24) is 14.6 Å². The lowest BCUT2D eigenvalue weighted by Crippen LogP contribution is -2.14. The van der Waals surface area contributed by atoms with Gasteiger partial charge >= 0.3 is 0 Å². The van der Waals surface area contributed by atoms with Crippen molar-refractivity contribution in [2.75, 3.05) is 11.1 Å². The molecule has 0 fully saturated rings. The molecule has 5 N–H and O–H groups in total. The number of rotatable bonds is 4. The van der Waals surface area contributed by atoms with E-state index in [0.29, 0.717) is 33.4 Å². The normalized spacial score (nSPS) is 11.4. The summed E-state index contributed by atoms with van der Waals surface area (Å²) in [6.45, 7) is 0. The first kappa shape index (κ1) is 20.0. The van der Waals surface area contributed by atoms with Crippen molar-refractivity contribution in [1.29, 1.82) is 0 Å². The highest BCUT2D eigenvalue weighted by atomic mass is 16.3. The molecule has 0 aliphatic carbocycles. The molecular formula is C24H18N6O3. The Labute approximate surface area is 187 Å². The Morgan fingerprint density at radius 3 is 2.36 bits per heavy atom. The summed E-state index contributed by atoms with van der Waals surface area (Å²) in [5, 5.41) is 26.5. The van der Waals surface area contributed by atoms with Crippen LogP contribution in [0.3, 0.4) is 0 Å². The minimum absolute atomic E-state index is 0.0630. The first-order valence-electron chi connectivity index (χ1n) is 10.0. The number of nitrogens with zero attached hydrogens (tertiary/aromatic N) is 4. The maximum atomic E-state index is 13.2. The van der Waals surface area contributed by atoms with Crippen LogP contribution in [-0.4, -0.2) is 37.0 Å². The highest BCUT2D eigenvalue weighted by Gasteiger charge is 2.24. The molecule has 0 aliphatic rings. The highest BCUT2D eigenvalue weighted by Crippen LogP contribution is 2.29. The van der Waals surface area contributed by atoms with Crippen molar-refractivity contribution in [3.05, 3.63) is 83.9 Å². The molecule has 33 heavy (non-hydrogen) atoms. The van der Waals surface area contributed by atoms with Gasteiger partial charge in [-0.1, -0.05) is 30.3 Å². The maximum Gasteiger partial charge on any atom is 0.261 e. The van der Waals surface area contributed by atoms with E-state index in [1.54, 1.807) is 30.3 Å². The lowest BCUT2D eigenvalue weighted by molar-refractivity contribution is 0.102. The Hall–Kier alpha value is -4.92. The molecule has 3 aromatic carbocycles. The van der Waals surface area contributed by atoms with Gasteiger partial charge in [0.05, 0.1) is 17.2 Å². The van der Waals surface area contributed by atoms with Gasteiger partial charge in [0, 0.05) is 5.69 Å². The van der Waals surface area contributed by atoms with E-state index >= 15 is 0 Å². The van der Waals surface area contributed by atoms with Crippen LogP contribution in [0.25, 0.3) is 22.2 Å². The van der Waals surface area contributed by atoms with E-state index in [-0.39, 0.29) is 22.9 Å². The summed E-state index contributed by atoms with van der Waals surface area (Å²) in [4.78, 5) is 22.4. The van der Waals surface area contributed by atoms with Gasteiger partial charge < -0.3 is 21.3 Å². The van der Waals surface area contributed by atoms with Crippen LogP contribution in [0.4, 0.5) is 11.5 Å². The predicted molar refractivity (Wildman–Crippen MR) is 127 cm³/mol. The molecule has 9 heteroatoms. The van der Waals surface area contributed by atoms with Crippen molar-refractivity contribution >= 4 is 45.8 Å². The number of carbonyl (C=O) groups excluding carboxylic acids is 1. The summed E-state index contributed by atoms with van der Waals surface area (Å²) < 4.78 is 1.33. The van der Waals surface area contributed by atoms with Gasteiger partial charge in [0.1, 0.15) is 16.9 Å². The number of aromatic nitrogens is 3. The van der Waals surface area contributed by atoms with Crippen LogP contribution in [0, 0.1) is 0 Å². The SMILES string of the molecule is Nc1c(C(=O)Nc2ccccc2)c2nc3ccccc3nc2n1N=Cc1ccc(O)c(O)c1. The summed E-state index contributed by atoms with van der Waals surface area (Å²) in [5.74, 6) is -0.897. The molecule has 5 aromatic rings. The number of para-hydroxylation sites is 3. The number of aromatic hydroxyl groups is 2. The van der Waals surface area contributed by atoms with Crippen LogP contribution in [0.15, 0.2) is 77.9 Å². The molecule has 9 nitrogen and oxygen atoms in total. The first-order valence-corrected chi connectivity index (χ1v) is 10.0. The van der Waals surface area contributed by atoms with Crippen LogP contribution in [0.1, 0.15) is 15.9 Å². The fourth-order valence-corrected chi connectivity index (χ4v) is 3.45. The van der Waals surface area contributed by atoms with Crippen molar-refractivity contribution in [2.45, 2.75) is 0 Å². The lowest BCUT2D eigenvalue weighted by Gasteiger charge is -2.05. The number of benzene rings is 3. The molecule has 0 aliphatic heterocycles. The minimum Gasteiger partial charge on any atom is -0.504 e. The van der Waals surface area contributed by atoms with Crippen LogP contribution < -0.4 is 11.1 Å². The third-order valence-corrected chi connectivity index (χ3v) is 5.05. The second-order valence-electron chi connectivity index (χ2n) is 7.27. The molecule has 162 valence electrons. The zero-order valence-electron chi connectivity index (χ0n) is 17.2. The van der Waals surface area contributed by atoms with Crippen molar-refractivity contribution in [3.63, 3.8) is 0 Å². The molecule has 0 bridgehead atoms. The Morgan fingerprint density at radius 2 is 1.64 bits per heavy atom. The number of carbonyl (C=O) groups is 1. The first-order chi connectivity index (χ1) is 16.0. The van der Waals surface area contributed by atoms with Gasteiger partial charge in [-0.05, 0) is 48.0 Å². The number of hydrogen-bond donors (Lipinski definition) is 4. The number of nitrogen functional groups attached to an aromatic ring is 1. The highest BCUT2D eigenvalue weighted by molar-refractivity contribution is 6.16. The van der Waals surface area contributed by atoms with Crippen LogP contribution in [0.2, 0.25) is 0 Å². The average Bonchev–Trinajstić information content (AvgIpc) is 3.09. The number of anilines is 2. The Bertz CT molecular complexity index is 1540. The van der Waals surface area contributed by atoms with Crippen LogP contribution in [-0.2, 0) is 0 Å². The number of phenols is 2. The monoisotopic (exact) mass is 438 g/mol. The van der Waals surface area contributed by atoms with E-state index in [2.05, 4.69) is 20.4 Å². The molecule has 5 rings (SSSR count). The number of amides is 1. The molecule has 2 heterocycles. The Kier molecular flexibility index (Phi) is 4.83. The van der Waals surface area contributed by atoms with Gasteiger partial charge in [0.25, 0.3) is 5.91 Å². The quantitative estimate of drug-likeness (QED) is 0.249. The van der Waals surface area contributed by atoms with Crippen LogP contribution in [0.5, 0.6) is 11.5 Å².